The number of nitrogens with zero attached hydrogens (tertiary/aromatic N) is 2. The molecule has 7 nitrogen and oxygen atoms in total. The summed E-state index contributed by atoms with van der Waals surface area (Å²) < 4.78 is 30.6. The van der Waals surface area contributed by atoms with E-state index in [1.54, 1.807) is 0 Å². The number of morpholine rings is 1. The van der Waals surface area contributed by atoms with Gasteiger partial charge in [0.2, 0.25) is 15.9 Å². The molecular weight excluding hydrogens is 366 g/mol. The molecule has 1 aromatic carbocycles. The monoisotopic (exact) mass is 397 g/mol. The Bertz CT molecular complexity index is 720. The van der Waals surface area contributed by atoms with Gasteiger partial charge in [-0.1, -0.05) is 32.9 Å². The Kier molecular flexibility index (Phi) is 7.39. The van der Waals surface area contributed by atoms with Gasteiger partial charge in [-0.25, -0.2) is 8.42 Å². The van der Waals surface area contributed by atoms with Gasteiger partial charge in [-0.3, -0.25) is 9.69 Å². The molecule has 0 aromatic heterocycles. The Hall–Kier alpha value is -1.48. The van der Waals surface area contributed by atoms with E-state index >= 15 is 0 Å². The number of benzene rings is 1. The van der Waals surface area contributed by atoms with E-state index in [4.69, 9.17) is 4.74 Å². The number of amides is 1. The predicted octanol–water partition coefficient (Wildman–Crippen LogP) is 1.52. The molecule has 0 aliphatic carbocycles. The highest BCUT2D eigenvalue weighted by Crippen LogP contribution is 2.23. The van der Waals surface area contributed by atoms with Gasteiger partial charge in [-0.15, -0.1) is 0 Å². The Morgan fingerprint density at radius 2 is 1.78 bits per heavy atom. The van der Waals surface area contributed by atoms with Crippen LogP contribution in [0.25, 0.3) is 0 Å². The van der Waals surface area contributed by atoms with Crippen molar-refractivity contribution in [3.8, 4) is 0 Å². The van der Waals surface area contributed by atoms with Crippen LogP contribution in [0, 0.1) is 0 Å². The molecule has 0 spiro atoms. The van der Waals surface area contributed by atoms with Crippen LogP contribution in [0.15, 0.2) is 24.3 Å². The van der Waals surface area contributed by atoms with E-state index in [-0.39, 0.29) is 24.4 Å². The highest BCUT2D eigenvalue weighted by atomic mass is 32.2. The van der Waals surface area contributed by atoms with Crippen LogP contribution in [0.5, 0.6) is 0 Å². The average Bonchev–Trinajstić information content (AvgIpc) is 2.58. The maximum atomic E-state index is 12.4. The van der Waals surface area contributed by atoms with Crippen LogP contribution >= 0.6 is 0 Å². The number of nitrogens with one attached hydrogen (secondary N) is 1. The molecule has 0 radical (unpaired) electrons. The van der Waals surface area contributed by atoms with Crippen molar-refractivity contribution in [1.82, 2.24) is 9.21 Å². The molecule has 1 aromatic rings. The molecule has 1 aliphatic heterocycles. The van der Waals surface area contributed by atoms with E-state index in [1.807, 2.05) is 24.3 Å². The van der Waals surface area contributed by atoms with Crippen LogP contribution in [-0.2, 0) is 25.0 Å². The van der Waals surface area contributed by atoms with Gasteiger partial charge in [0.25, 0.3) is 0 Å². The van der Waals surface area contributed by atoms with E-state index < -0.39 is 10.0 Å². The van der Waals surface area contributed by atoms with Crippen LogP contribution in [0.2, 0.25) is 0 Å². The fraction of sp³-hybridized carbons (Fsp3) is 0.632. The lowest BCUT2D eigenvalue weighted by Gasteiger charge is -2.29. The van der Waals surface area contributed by atoms with E-state index in [9.17, 15) is 13.2 Å². The lowest BCUT2D eigenvalue weighted by atomic mass is 9.87. The van der Waals surface area contributed by atoms with Gasteiger partial charge in [-0.2, -0.15) is 4.31 Å². The first-order valence-corrected chi connectivity index (χ1v) is 11.1. The molecule has 2 rings (SSSR count). The third-order valence-electron chi connectivity index (χ3n) is 4.59. The van der Waals surface area contributed by atoms with Crippen molar-refractivity contribution in [2.75, 3.05) is 57.5 Å². The molecule has 152 valence electrons. The zero-order valence-corrected chi connectivity index (χ0v) is 17.5. The van der Waals surface area contributed by atoms with E-state index in [0.717, 1.165) is 19.3 Å². The zero-order chi connectivity index (χ0) is 20.1. The van der Waals surface area contributed by atoms with Crippen molar-refractivity contribution in [2.24, 2.45) is 0 Å². The van der Waals surface area contributed by atoms with Gasteiger partial charge in [0.05, 0.1) is 26.0 Å². The summed E-state index contributed by atoms with van der Waals surface area (Å²) in [7, 11) is -3.46. The van der Waals surface area contributed by atoms with E-state index in [2.05, 4.69) is 31.0 Å². The molecular formula is C19H31N3O4S. The normalized spacial score (nSPS) is 16.5. The van der Waals surface area contributed by atoms with Gasteiger partial charge < -0.3 is 10.1 Å². The number of rotatable bonds is 7. The molecule has 1 amide bonds. The second-order valence-corrected chi connectivity index (χ2v) is 9.91. The number of carbonyl (C=O) groups is 1. The largest absolute Gasteiger partial charge is 0.379 e. The summed E-state index contributed by atoms with van der Waals surface area (Å²) in [5, 5.41) is 2.78. The molecule has 27 heavy (non-hydrogen) atoms. The van der Waals surface area contributed by atoms with Crippen LogP contribution in [0.3, 0.4) is 0 Å². The molecule has 1 aliphatic rings. The summed E-state index contributed by atoms with van der Waals surface area (Å²) >= 11 is 0. The summed E-state index contributed by atoms with van der Waals surface area (Å²) in [6.07, 6.45) is 1.14. The van der Waals surface area contributed by atoms with E-state index in [0.29, 0.717) is 25.4 Å². The van der Waals surface area contributed by atoms with Crippen molar-refractivity contribution in [1.29, 1.82) is 0 Å². The van der Waals surface area contributed by atoms with Crippen molar-refractivity contribution in [3.63, 3.8) is 0 Å². The minimum atomic E-state index is -3.46. The third kappa shape index (κ3) is 7.21. The predicted molar refractivity (Wildman–Crippen MR) is 107 cm³/mol. The van der Waals surface area contributed by atoms with Crippen LogP contribution < -0.4 is 5.32 Å². The maximum absolute atomic E-state index is 12.4. The van der Waals surface area contributed by atoms with Gasteiger partial charge in [-0.05, 0) is 23.1 Å². The molecule has 0 saturated carbocycles. The Morgan fingerprint density at radius 3 is 2.30 bits per heavy atom. The number of carbonyl (C=O) groups excluding carboxylic acids is 1. The molecule has 1 N–H and O–H groups in total. The lowest BCUT2D eigenvalue weighted by molar-refractivity contribution is -0.116. The second-order valence-electron chi connectivity index (χ2n) is 7.93. The van der Waals surface area contributed by atoms with Crippen molar-refractivity contribution < 1.29 is 17.9 Å². The fourth-order valence-electron chi connectivity index (χ4n) is 2.85. The van der Waals surface area contributed by atoms with Crippen molar-refractivity contribution in [3.05, 3.63) is 29.8 Å². The zero-order valence-electron chi connectivity index (χ0n) is 16.7. The third-order valence-corrected chi connectivity index (χ3v) is 5.84. The molecule has 1 heterocycles. The van der Waals surface area contributed by atoms with Crippen molar-refractivity contribution in [2.45, 2.75) is 26.2 Å². The minimum Gasteiger partial charge on any atom is -0.379 e. The molecule has 0 unspecified atom stereocenters. The summed E-state index contributed by atoms with van der Waals surface area (Å²) in [5.41, 5.74) is 1.87. The smallest absolute Gasteiger partial charge is 0.239 e. The lowest BCUT2D eigenvalue weighted by Crippen LogP contribution is -2.45. The summed E-state index contributed by atoms with van der Waals surface area (Å²) in [6.45, 7) is 9.93. The first-order valence-electron chi connectivity index (χ1n) is 9.21. The molecule has 1 fully saturated rings. The van der Waals surface area contributed by atoms with Crippen molar-refractivity contribution >= 4 is 21.6 Å². The highest BCUT2D eigenvalue weighted by molar-refractivity contribution is 7.88. The minimum absolute atomic E-state index is 0.0368. The summed E-state index contributed by atoms with van der Waals surface area (Å²) in [4.78, 5) is 14.5. The molecule has 1 saturated heterocycles. The molecule has 0 bridgehead atoms. The van der Waals surface area contributed by atoms with Gasteiger partial charge in [0.1, 0.15) is 0 Å². The van der Waals surface area contributed by atoms with Gasteiger partial charge >= 0.3 is 0 Å². The van der Waals surface area contributed by atoms with Gasteiger partial charge in [0.15, 0.2) is 0 Å². The number of hydrogen-bond acceptors (Lipinski definition) is 5. The number of sulfonamides is 1. The number of ether oxygens (including phenoxy) is 1. The maximum Gasteiger partial charge on any atom is 0.239 e. The number of hydrogen-bond donors (Lipinski definition) is 1. The molecule has 8 heteroatoms. The molecule has 0 atom stereocenters. The standard InChI is InChI=1S/C19H31N3O4S/c1-19(2,3)16-5-7-17(8-6-16)20-18(23)15-22(27(4,24)25)10-9-21-11-13-26-14-12-21/h5-8H,9-15H2,1-4H3,(H,20,23). The van der Waals surface area contributed by atoms with Crippen LogP contribution in [0.1, 0.15) is 26.3 Å². The highest BCUT2D eigenvalue weighted by Gasteiger charge is 2.22. The quantitative estimate of drug-likeness (QED) is 0.755. The average molecular weight is 398 g/mol. The Balaban J connectivity index is 1.92. The first kappa shape index (κ1) is 21.8. The van der Waals surface area contributed by atoms with Crippen LogP contribution in [0.4, 0.5) is 5.69 Å². The summed E-state index contributed by atoms with van der Waals surface area (Å²) in [6, 6.07) is 7.64. The second kappa shape index (κ2) is 9.14. The summed E-state index contributed by atoms with van der Waals surface area (Å²) in [5.74, 6) is -0.342. The Morgan fingerprint density at radius 1 is 1.19 bits per heavy atom. The topological polar surface area (TPSA) is 79.0 Å². The Labute approximate surface area is 162 Å². The fourth-order valence-corrected chi connectivity index (χ4v) is 3.62. The first-order chi connectivity index (χ1) is 12.6. The van der Waals surface area contributed by atoms with Crippen LogP contribution in [-0.4, -0.2) is 75.7 Å². The van der Waals surface area contributed by atoms with Gasteiger partial charge in [0, 0.05) is 31.9 Å². The van der Waals surface area contributed by atoms with E-state index in [1.165, 1.54) is 9.87 Å². The number of anilines is 1. The SMILES string of the molecule is CC(C)(C)c1ccc(NC(=O)CN(CCN2CCOCC2)S(C)(=O)=O)cc1.